The Bertz CT molecular complexity index is 918. The Labute approximate surface area is 196 Å². The van der Waals surface area contributed by atoms with Gasteiger partial charge in [0.2, 0.25) is 11.9 Å². The largest absolute Gasteiger partial charge is 0.369 e. The minimum atomic E-state index is 0.102. The Morgan fingerprint density at radius 3 is 2.24 bits per heavy atom. The number of rotatable bonds is 5. The quantitative estimate of drug-likeness (QED) is 0.344. The summed E-state index contributed by atoms with van der Waals surface area (Å²) in [6.07, 6.45) is 3.34. The first kappa shape index (κ1) is 27.5. The van der Waals surface area contributed by atoms with E-state index in [0.717, 1.165) is 37.4 Å². The first-order valence-electron chi connectivity index (χ1n) is 10.6. The van der Waals surface area contributed by atoms with Gasteiger partial charge in [-0.3, -0.25) is 0 Å². The van der Waals surface area contributed by atoms with Crippen LogP contribution in [0.2, 0.25) is 0 Å². The van der Waals surface area contributed by atoms with Crippen LogP contribution in [0.15, 0.2) is 64.6 Å². The zero-order valence-corrected chi connectivity index (χ0v) is 19.7. The minimum Gasteiger partial charge on any atom is -0.369 e. The third-order valence-corrected chi connectivity index (χ3v) is 4.47. The molecule has 0 unspecified atom stereocenters. The fraction of sp³-hybridized carbons (Fsp3) is 0.292. The van der Waals surface area contributed by atoms with Crippen molar-refractivity contribution in [1.29, 1.82) is 0 Å². The number of nitrogens with two attached hydrogens (primary N) is 3. The smallest absolute Gasteiger partial charge is 0.223 e. The van der Waals surface area contributed by atoms with Crippen LogP contribution < -0.4 is 27.8 Å². The first-order valence-corrected chi connectivity index (χ1v) is 10.6. The van der Waals surface area contributed by atoms with E-state index < -0.39 is 0 Å². The van der Waals surface area contributed by atoms with Crippen molar-refractivity contribution in [2.75, 3.05) is 39.5 Å². The molecule has 3 rings (SSSR count). The Morgan fingerprint density at radius 2 is 1.70 bits per heavy atom. The second-order valence-electron chi connectivity index (χ2n) is 7.27. The van der Waals surface area contributed by atoms with Crippen molar-refractivity contribution in [3.8, 4) is 0 Å². The fourth-order valence-electron chi connectivity index (χ4n) is 3.13. The predicted molar refractivity (Wildman–Crippen MR) is 139 cm³/mol. The molecule has 0 saturated heterocycles. The van der Waals surface area contributed by atoms with Crippen molar-refractivity contribution >= 4 is 35.7 Å². The van der Waals surface area contributed by atoms with E-state index in [1.165, 1.54) is 23.7 Å². The molecule has 0 radical (unpaired) electrons. The Balaban J connectivity index is 0.00000129. The molecule has 178 valence electrons. The highest BCUT2D eigenvalue weighted by molar-refractivity contribution is 6.01. The average molecular weight is 453 g/mol. The van der Waals surface area contributed by atoms with Gasteiger partial charge in [-0.2, -0.15) is 4.99 Å². The lowest BCUT2D eigenvalue weighted by atomic mass is 10.0. The highest BCUT2D eigenvalue weighted by Gasteiger charge is 2.05. The van der Waals surface area contributed by atoms with E-state index in [1.54, 1.807) is 0 Å². The molecule has 1 heterocycles. The van der Waals surface area contributed by atoms with E-state index in [0.29, 0.717) is 0 Å². The topological polar surface area (TPSA) is 147 Å². The van der Waals surface area contributed by atoms with Gasteiger partial charge in [-0.1, -0.05) is 30.3 Å². The molecule has 0 atom stereocenters. The Hall–Kier alpha value is -3.53. The molecule has 0 saturated carbocycles. The molecular formula is C24H36N8O. The first-order chi connectivity index (χ1) is 16.0. The number of hydrogen-bond acceptors (Lipinski definition) is 5. The summed E-state index contributed by atoms with van der Waals surface area (Å²) < 4.78 is 0. The zero-order chi connectivity index (χ0) is 24.6. The van der Waals surface area contributed by atoms with E-state index in [1.807, 2.05) is 57.3 Å². The molecular weight excluding hydrogens is 416 g/mol. The van der Waals surface area contributed by atoms with Gasteiger partial charge in [0.15, 0.2) is 0 Å². The summed E-state index contributed by atoms with van der Waals surface area (Å²) in [5.41, 5.74) is 21.7. The van der Waals surface area contributed by atoms with Gasteiger partial charge in [-0.25, -0.2) is 4.99 Å². The molecule has 2 aromatic rings. The normalized spacial score (nSPS) is 13.8. The van der Waals surface area contributed by atoms with Gasteiger partial charge in [0.25, 0.3) is 0 Å². The summed E-state index contributed by atoms with van der Waals surface area (Å²) in [7, 11) is 5.57. The number of carbonyl (C=O) groups is 1. The number of carbonyl (C=O) groups excluding carboxylic acids is 1. The van der Waals surface area contributed by atoms with Gasteiger partial charge in [-0.05, 0) is 75.1 Å². The molecule has 8 N–H and O–H groups in total. The van der Waals surface area contributed by atoms with Crippen LogP contribution in [0.1, 0.15) is 17.5 Å². The lowest BCUT2D eigenvalue weighted by molar-refractivity contribution is -0.0979. The maximum atomic E-state index is 8.00. The molecule has 2 aromatic carbocycles. The van der Waals surface area contributed by atoms with Crippen LogP contribution in [0, 0.1) is 0 Å². The maximum Gasteiger partial charge on any atom is 0.223 e. The molecule has 0 fully saturated rings. The maximum absolute atomic E-state index is 8.00. The summed E-state index contributed by atoms with van der Waals surface area (Å²) in [5, 5.41) is 6.43. The van der Waals surface area contributed by atoms with Crippen molar-refractivity contribution in [1.82, 2.24) is 10.2 Å². The summed E-state index contributed by atoms with van der Waals surface area (Å²) in [6.45, 7) is 4.82. The van der Waals surface area contributed by atoms with Gasteiger partial charge in [0.05, 0.1) is 5.69 Å². The van der Waals surface area contributed by atoms with E-state index in [2.05, 4.69) is 49.5 Å². The number of benzene rings is 2. The molecule has 9 nitrogen and oxygen atoms in total. The number of hydrogen-bond donors (Lipinski definition) is 5. The van der Waals surface area contributed by atoms with Crippen LogP contribution in [-0.2, 0) is 11.3 Å². The predicted octanol–water partition coefficient (Wildman–Crippen LogP) is 1.89. The third-order valence-electron chi connectivity index (χ3n) is 4.47. The molecule has 0 aromatic heterocycles. The molecule has 0 spiro atoms. The monoisotopic (exact) mass is 452 g/mol. The molecule has 33 heavy (non-hydrogen) atoms. The lowest BCUT2D eigenvalue weighted by Crippen LogP contribution is -2.26. The summed E-state index contributed by atoms with van der Waals surface area (Å²) in [4.78, 5) is 18.5. The van der Waals surface area contributed by atoms with Gasteiger partial charge in [0, 0.05) is 18.8 Å². The molecule has 0 amide bonds. The summed E-state index contributed by atoms with van der Waals surface area (Å²) in [5.74, 6) is 0.298. The van der Waals surface area contributed by atoms with Crippen LogP contribution >= 0.6 is 0 Å². The number of guanidine groups is 2. The van der Waals surface area contributed by atoms with E-state index in [9.17, 15) is 0 Å². The van der Waals surface area contributed by atoms with Crippen molar-refractivity contribution in [2.45, 2.75) is 13.0 Å². The average Bonchev–Trinajstić information content (AvgIpc) is 2.83. The highest BCUT2D eigenvalue weighted by Crippen LogP contribution is 2.19. The van der Waals surface area contributed by atoms with Gasteiger partial charge >= 0.3 is 0 Å². The Kier molecular flexibility index (Phi) is 12.8. The number of nitrogens with zero attached hydrogens (tertiary/aromatic N) is 3. The SMILES string of the molecule is C=O.CN.CN(C)Cc1ccc(N=C(N)/N=C(/N)Nc2ccc(C3=CCCNC3)cc2)cc1. The second-order valence-corrected chi connectivity index (χ2v) is 7.27. The van der Waals surface area contributed by atoms with E-state index in [-0.39, 0.29) is 11.9 Å². The van der Waals surface area contributed by atoms with Crippen molar-refractivity contribution in [3.63, 3.8) is 0 Å². The van der Waals surface area contributed by atoms with Gasteiger partial charge in [0.1, 0.15) is 6.79 Å². The van der Waals surface area contributed by atoms with Crippen LogP contribution in [-0.4, -0.2) is 57.8 Å². The number of nitrogens with one attached hydrogen (secondary N) is 2. The van der Waals surface area contributed by atoms with E-state index in [4.69, 9.17) is 16.3 Å². The molecule has 1 aliphatic heterocycles. The van der Waals surface area contributed by atoms with Gasteiger partial charge in [-0.15, -0.1) is 0 Å². The molecule has 0 aliphatic carbocycles. The molecule has 0 bridgehead atoms. The Morgan fingerprint density at radius 1 is 1.06 bits per heavy atom. The molecule has 9 heteroatoms. The number of aliphatic imine (C=N–C) groups is 2. The minimum absolute atomic E-state index is 0.102. The fourth-order valence-corrected chi connectivity index (χ4v) is 3.13. The van der Waals surface area contributed by atoms with E-state index >= 15 is 0 Å². The lowest BCUT2D eigenvalue weighted by Gasteiger charge is -2.15. The summed E-state index contributed by atoms with van der Waals surface area (Å²) in [6, 6.07) is 16.0. The number of anilines is 1. The van der Waals surface area contributed by atoms with Crippen molar-refractivity contribution in [2.24, 2.45) is 27.2 Å². The van der Waals surface area contributed by atoms with Crippen LogP contribution in [0.3, 0.4) is 0 Å². The van der Waals surface area contributed by atoms with Crippen LogP contribution in [0.4, 0.5) is 11.4 Å². The van der Waals surface area contributed by atoms with Crippen molar-refractivity contribution in [3.05, 3.63) is 65.7 Å². The zero-order valence-electron chi connectivity index (χ0n) is 19.7. The standard InChI is InChI=1S/C22H29N7.CH5N.CH2O/c1-29(2)15-16-5-9-19(10-6-16)26-21(23)28-22(24)27-20-11-7-17(8-12-20)18-4-3-13-25-14-18;2*1-2/h4-12,25H,3,13-15H2,1-2H3,(H5,23,24,26,27,28);2H2,1H3;1H2. The molecule has 1 aliphatic rings. The summed E-state index contributed by atoms with van der Waals surface area (Å²) >= 11 is 0. The van der Waals surface area contributed by atoms with Crippen LogP contribution in [0.5, 0.6) is 0 Å². The second kappa shape index (κ2) is 15.3. The van der Waals surface area contributed by atoms with Crippen molar-refractivity contribution < 1.29 is 4.79 Å². The van der Waals surface area contributed by atoms with Gasteiger partial charge < -0.3 is 37.5 Å². The van der Waals surface area contributed by atoms with Crippen LogP contribution in [0.25, 0.3) is 5.57 Å². The highest BCUT2D eigenvalue weighted by atomic mass is 16.1. The third kappa shape index (κ3) is 10.1.